The second-order valence-electron chi connectivity index (χ2n) is 5.68. The van der Waals surface area contributed by atoms with Crippen LogP contribution in [-0.2, 0) is 13.0 Å². The van der Waals surface area contributed by atoms with Crippen molar-refractivity contribution in [1.29, 1.82) is 0 Å². The number of aliphatic hydroxyl groups is 1. The van der Waals surface area contributed by atoms with E-state index in [9.17, 15) is 9.90 Å². The third kappa shape index (κ3) is 3.69. The van der Waals surface area contributed by atoms with Crippen LogP contribution in [0.5, 0.6) is 0 Å². The minimum atomic E-state index is 0.00111. The summed E-state index contributed by atoms with van der Waals surface area (Å²) >= 11 is 0. The van der Waals surface area contributed by atoms with Crippen molar-refractivity contribution in [3.8, 4) is 0 Å². The maximum absolute atomic E-state index is 11.6. The summed E-state index contributed by atoms with van der Waals surface area (Å²) in [6.45, 7) is 5.62. The molecule has 0 radical (unpaired) electrons. The molecule has 1 aliphatic heterocycles. The Kier molecular flexibility index (Phi) is 4.28. The molecule has 118 valence electrons. The number of aliphatic hydroxyl groups excluding tert-OH is 1. The molecule has 0 atom stereocenters. The first kappa shape index (κ1) is 15.1. The van der Waals surface area contributed by atoms with Gasteiger partial charge in [0.25, 0.3) is 0 Å². The van der Waals surface area contributed by atoms with Crippen LogP contribution in [0.15, 0.2) is 49.3 Å². The third-order valence-electron chi connectivity index (χ3n) is 3.88. The van der Waals surface area contributed by atoms with Crippen LogP contribution < -0.4 is 5.32 Å². The van der Waals surface area contributed by atoms with Gasteiger partial charge in [-0.3, -0.25) is 4.98 Å². The molecule has 3 rings (SSSR count). The topological polar surface area (TPSA) is 65.5 Å². The van der Waals surface area contributed by atoms with E-state index < -0.39 is 0 Å². The normalized spacial score (nSPS) is 13.9. The number of carbonyl (C=O) groups excluding carboxylic acids is 1. The minimum Gasteiger partial charge on any atom is -0.508 e. The number of carbonyl (C=O) groups is 1. The standard InChI is InChI=1S/C18H19N3O2/c1-13(22)17-9-16(10-19-11-17)8-14-2-4-15(5-3-14)12-21-7-6-20-18(21)23/h2-5,9-11,22H,1,6-8,12H2,(H,20,23). The van der Waals surface area contributed by atoms with Crippen molar-refractivity contribution < 1.29 is 9.90 Å². The Labute approximate surface area is 135 Å². The summed E-state index contributed by atoms with van der Waals surface area (Å²) in [5, 5.41) is 12.2. The molecular formula is C18H19N3O2. The predicted octanol–water partition coefficient (Wildman–Crippen LogP) is 2.73. The second kappa shape index (κ2) is 6.52. The average Bonchev–Trinajstić information content (AvgIpc) is 2.95. The molecule has 0 spiro atoms. The SMILES string of the molecule is C=C(O)c1cncc(Cc2ccc(CN3CCNC3=O)cc2)c1. The van der Waals surface area contributed by atoms with Crippen molar-refractivity contribution in [2.45, 2.75) is 13.0 Å². The van der Waals surface area contributed by atoms with Gasteiger partial charge in [0.05, 0.1) is 0 Å². The van der Waals surface area contributed by atoms with E-state index in [2.05, 4.69) is 29.0 Å². The monoisotopic (exact) mass is 309 g/mol. The Morgan fingerprint density at radius 3 is 2.61 bits per heavy atom. The number of nitrogens with one attached hydrogen (secondary N) is 1. The number of hydrogen-bond donors (Lipinski definition) is 2. The van der Waals surface area contributed by atoms with E-state index in [4.69, 9.17) is 0 Å². The van der Waals surface area contributed by atoms with Crippen LogP contribution in [0.1, 0.15) is 22.3 Å². The van der Waals surface area contributed by atoms with Crippen LogP contribution in [0.4, 0.5) is 4.79 Å². The highest BCUT2D eigenvalue weighted by molar-refractivity contribution is 5.76. The molecule has 1 aromatic heterocycles. The Bertz CT molecular complexity index is 725. The number of rotatable bonds is 5. The number of hydrogen-bond acceptors (Lipinski definition) is 3. The van der Waals surface area contributed by atoms with Crippen LogP contribution >= 0.6 is 0 Å². The summed E-state index contributed by atoms with van der Waals surface area (Å²) in [7, 11) is 0. The first-order chi connectivity index (χ1) is 11.1. The fourth-order valence-corrected chi connectivity index (χ4v) is 2.62. The summed E-state index contributed by atoms with van der Waals surface area (Å²) in [5.41, 5.74) is 3.92. The van der Waals surface area contributed by atoms with Crippen molar-refractivity contribution in [2.75, 3.05) is 13.1 Å². The number of benzene rings is 1. The largest absolute Gasteiger partial charge is 0.508 e. The lowest BCUT2D eigenvalue weighted by Crippen LogP contribution is -2.27. The van der Waals surface area contributed by atoms with E-state index in [-0.39, 0.29) is 11.8 Å². The van der Waals surface area contributed by atoms with Crippen LogP contribution in [0, 0.1) is 0 Å². The number of urea groups is 1. The molecule has 2 aromatic rings. The molecule has 2 N–H and O–H groups in total. The zero-order valence-electron chi connectivity index (χ0n) is 12.8. The number of aromatic nitrogens is 1. The number of nitrogens with zero attached hydrogens (tertiary/aromatic N) is 2. The highest BCUT2D eigenvalue weighted by Gasteiger charge is 2.18. The van der Waals surface area contributed by atoms with E-state index in [1.54, 1.807) is 17.3 Å². The molecule has 0 bridgehead atoms. The van der Waals surface area contributed by atoms with Gasteiger partial charge in [0.15, 0.2) is 0 Å². The van der Waals surface area contributed by atoms with Gasteiger partial charge in [-0.25, -0.2) is 4.79 Å². The maximum atomic E-state index is 11.6. The molecule has 5 heteroatoms. The lowest BCUT2D eigenvalue weighted by atomic mass is 10.0. The fraction of sp³-hybridized carbons (Fsp3) is 0.222. The predicted molar refractivity (Wildman–Crippen MR) is 89.0 cm³/mol. The second-order valence-corrected chi connectivity index (χ2v) is 5.68. The van der Waals surface area contributed by atoms with Gasteiger partial charge in [0.1, 0.15) is 5.76 Å². The third-order valence-corrected chi connectivity index (χ3v) is 3.88. The molecule has 23 heavy (non-hydrogen) atoms. The summed E-state index contributed by atoms with van der Waals surface area (Å²) in [5.74, 6) is 0.0265. The Hall–Kier alpha value is -2.82. The fourth-order valence-electron chi connectivity index (χ4n) is 2.62. The summed E-state index contributed by atoms with van der Waals surface area (Å²) < 4.78 is 0. The van der Waals surface area contributed by atoms with Gasteiger partial charge in [0, 0.05) is 37.6 Å². The molecule has 2 amide bonds. The van der Waals surface area contributed by atoms with Crippen LogP contribution in [-0.4, -0.2) is 34.1 Å². The Balaban J connectivity index is 1.66. The van der Waals surface area contributed by atoms with Crippen LogP contribution in [0.2, 0.25) is 0 Å². The van der Waals surface area contributed by atoms with Crippen LogP contribution in [0.3, 0.4) is 0 Å². The summed E-state index contributed by atoms with van der Waals surface area (Å²) in [6, 6.07) is 10.1. The van der Waals surface area contributed by atoms with Crippen molar-refractivity contribution in [3.05, 3.63) is 71.6 Å². The molecule has 5 nitrogen and oxygen atoms in total. The molecule has 0 aliphatic carbocycles. The van der Waals surface area contributed by atoms with Crippen molar-refractivity contribution >= 4 is 11.8 Å². The zero-order valence-corrected chi connectivity index (χ0v) is 12.8. The number of amides is 2. The molecule has 1 fully saturated rings. The summed E-state index contributed by atoms with van der Waals surface area (Å²) in [6.07, 6.45) is 4.11. The van der Waals surface area contributed by atoms with Gasteiger partial charge in [-0.05, 0) is 29.2 Å². The van der Waals surface area contributed by atoms with Gasteiger partial charge in [-0.1, -0.05) is 30.8 Å². The molecule has 1 aromatic carbocycles. The van der Waals surface area contributed by atoms with Gasteiger partial charge in [-0.15, -0.1) is 0 Å². The molecule has 0 unspecified atom stereocenters. The summed E-state index contributed by atoms with van der Waals surface area (Å²) in [4.78, 5) is 17.5. The molecule has 1 aliphatic rings. The van der Waals surface area contributed by atoms with Crippen molar-refractivity contribution in [1.82, 2.24) is 15.2 Å². The van der Waals surface area contributed by atoms with Crippen LogP contribution in [0.25, 0.3) is 5.76 Å². The first-order valence-electron chi connectivity index (χ1n) is 7.54. The van der Waals surface area contributed by atoms with Crippen molar-refractivity contribution in [2.24, 2.45) is 0 Å². The zero-order chi connectivity index (χ0) is 16.2. The molecule has 0 saturated carbocycles. The lowest BCUT2D eigenvalue weighted by Gasteiger charge is -2.14. The maximum Gasteiger partial charge on any atom is 0.317 e. The van der Waals surface area contributed by atoms with Gasteiger partial charge in [-0.2, -0.15) is 0 Å². The van der Waals surface area contributed by atoms with E-state index in [0.29, 0.717) is 12.1 Å². The quantitative estimate of drug-likeness (QED) is 0.835. The van der Waals surface area contributed by atoms with Gasteiger partial charge >= 0.3 is 6.03 Å². The van der Waals surface area contributed by atoms with E-state index >= 15 is 0 Å². The van der Waals surface area contributed by atoms with Crippen molar-refractivity contribution in [3.63, 3.8) is 0 Å². The highest BCUT2D eigenvalue weighted by atomic mass is 16.3. The first-order valence-corrected chi connectivity index (χ1v) is 7.54. The smallest absolute Gasteiger partial charge is 0.317 e. The molecular weight excluding hydrogens is 290 g/mol. The minimum absolute atomic E-state index is 0.00111. The molecule has 1 saturated heterocycles. The lowest BCUT2D eigenvalue weighted by molar-refractivity contribution is 0.215. The van der Waals surface area contributed by atoms with E-state index in [0.717, 1.165) is 36.2 Å². The van der Waals surface area contributed by atoms with E-state index in [1.165, 1.54) is 0 Å². The Morgan fingerprint density at radius 2 is 1.96 bits per heavy atom. The Morgan fingerprint density at radius 1 is 1.22 bits per heavy atom. The average molecular weight is 309 g/mol. The van der Waals surface area contributed by atoms with Gasteiger partial charge < -0.3 is 15.3 Å². The van der Waals surface area contributed by atoms with E-state index in [1.807, 2.05) is 18.2 Å². The number of pyridine rings is 1. The highest BCUT2D eigenvalue weighted by Crippen LogP contribution is 2.15. The molecule has 2 heterocycles. The van der Waals surface area contributed by atoms with Gasteiger partial charge in [0.2, 0.25) is 0 Å².